The quantitative estimate of drug-likeness (QED) is 0.859. The molecule has 132 valence electrons. The van der Waals surface area contributed by atoms with Crippen molar-refractivity contribution in [1.82, 2.24) is 19.6 Å². The van der Waals surface area contributed by atoms with Crippen molar-refractivity contribution in [3.05, 3.63) is 53.3 Å². The SMILES string of the molecule is Cc1cccc(CN2CC[C@@]3(CCN(Cc4cnn(C)c4)C3)C2=O)c1. The topological polar surface area (TPSA) is 41.4 Å². The Morgan fingerprint density at radius 1 is 1.16 bits per heavy atom. The van der Waals surface area contributed by atoms with Gasteiger partial charge in [0.05, 0.1) is 11.6 Å². The van der Waals surface area contributed by atoms with Crippen LogP contribution in [0, 0.1) is 12.3 Å². The van der Waals surface area contributed by atoms with Gasteiger partial charge in [0.25, 0.3) is 0 Å². The molecule has 1 atom stereocenters. The Morgan fingerprint density at radius 3 is 2.76 bits per heavy atom. The van der Waals surface area contributed by atoms with Crippen LogP contribution in [0.25, 0.3) is 0 Å². The number of carbonyl (C=O) groups is 1. The first-order chi connectivity index (χ1) is 12.0. The molecule has 2 aliphatic rings. The minimum atomic E-state index is -0.161. The summed E-state index contributed by atoms with van der Waals surface area (Å²) in [5.74, 6) is 0.350. The number of aryl methyl sites for hydroxylation is 2. The monoisotopic (exact) mass is 338 g/mol. The van der Waals surface area contributed by atoms with Crippen LogP contribution in [0.2, 0.25) is 0 Å². The fraction of sp³-hybridized carbons (Fsp3) is 0.500. The van der Waals surface area contributed by atoms with E-state index in [4.69, 9.17) is 0 Å². The van der Waals surface area contributed by atoms with E-state index in [9.17, 15) is 4.79 Å². The summed E-state index contributed by atoms with van der Waals surface area (Å²) in [4.78, 5) is 17.6. The first-order valence-corrected chi connectivity index (χ1v) is 9.09. The molecule has 0 bridgehead atoms. The largest absolute Gasteiger partial charge is 0.338 e. The van der Waals surface area contributed by atoms with Crippen LogP contribution in [0.4, 0.5) is 0 Å². The van der Waals surface area contributed by atoms with Crippen LogP contribution in [-0.4, -0.2) is 45.1 Å². The van der Waals surface area contributed by atoms with Crippen molar-refractivity contribution in [2.75, 3.05) is 19.6 Å². The molecule has 0 aliphatic carbocycles. The number of nitrogens with zero attached hydrogens (tertiary/aromatic N) is 4. The van der Waals surface area contributed by atoms with Gasteiger partial charge in [0.1, 0.15) is 0 Å². The summed E-state index contributed by atoms with van der Waals surface area (Å²) in [6.45, 7) is 6.49. The lowest BCUT2D eigenvalue weighted by molar-refractivity contribution is -0.136. The Bertz CT molecular complexity index is 784. The van der Waals surface area contributed by atoms with Crippen molar-refractivity contribution < 1.29 is 4.79 Å². The molecule has 2 aromatic rings. The summed E-state index contributed by atoms with van der Waals surface area (Å²) in [5, 5.41) is 4.24. The van der Waals surface area contributed by atoms with Gasteiger partial charge in [-0.15, -0.1) is 0 Å². The molecule has 0 radical (unpaired) electrons. The van der Waals surface area contributed by atoms with Crippen LogP contribution in [0.3, 0.4) is 0 Å². The summed E-state index contributed by atoms with van der Waals surface area (Å²) in [6, 6.07) is 8.48. The number of hydrogen-bond acceptors (Lipinski definition) is 3. The maximum Gasteiger partial charge on any atom is 0.230 e. The molecule has 2 fully saturated rings. The highest BCUT2D eigenvalue weighted by Crippen LogP contribution is 2.41. The second-order valence-corrected chi connectivity index (χ2v) is 7.73. The summed E-state index contributed by atoms with van der Waals surface area (Å²) < 4.78 is 1.84. The summed E-state index contributed by atoms with van der Waals surface area (Å²) >= 11 is 0. The Labute approximate surface area is 149 Å². The van der Waals surface area contributed by atoms with Gasteiger partial charge in [-0.2, -0.15) is 5.10 Å². The van der Waals surface area contributed by atoms with E-state index >= 15 is 0 Å². The van der Waals surface area contributed by atoms with Crippen molar-refractivity contribution in [3.63, 3.8) is 0 Å². The average molecular weight is 338 g/mol. The number of amides is 1. The first kappa shape index (κ1) is 16.3. The molecule has 0 unspecified atom stereocenters. The Morgan fingerprint density at radius 2 is 2.00 bits per heavy atom. The molecule has 3 heterocycles. The third-order valence-corrected chi connectivity index (χ3v) is 5.65. The second-order valence-electron chi connectivity index (χ2n) is 7.73. The van der Waals surface area contributed by atoms with Crippen molar-refractivity contribution in [1.29, 1.82) is 0 Å². The molecule has 5 nitrogen and oxygen atoms in total. The predicted octanol–water partition coefficient (Wildman–Crippen LogP) is 2.35. The summed E-state index contributed by atoms with van der Waals surface area (Å²) in [5.41, 5.74) is 3.55. The van der Waals surface area contributed by atoms with E-state index < -0.39 is 0 Å². The fourth-order valence-corrected chi connectivity index (χ4v) is 4.36. The van der Waals surface area contributed by atoms with Gasteiger partial charge in [0, 0.05) is 45.0 Å². The van der Waals surface area contributed by atoms with Gasteiger partial charge in [0.15, 0.2) is 0 Å². The van der Waals surface area contributed by atoms with Gasteiger partial charge < -0.3 is 4.90 Å². The minimum absolute atomic E-state index is 0.161. The third kappa shape index (κ3) is 3.21. The summed E-state index contributed by atoms with van der Waals surface area (Å²) in [7, 11) is 1.94. The van der Waals surface area contributed by atoms with Gasteiger partial charge in [-0.1, -0.05) is 29.8 Å². The number of likely N-dealkylation sites (tertiary alicyclic amines) is 2. The van der Waals surface area contributed by atoms with E-state index in [-0.39, 0.29) is 5.41 Å². The molecule has 1 aromatic carbocycles. The lowest BCUT2D eigenvalue weighted by Gasteiger charge is -2.23. The molecule has 1 amide bonds. The van der Waals surface area contributed by atoms with Gasteiger partial charge in [-0.3, -0.25) is 14.4 Å². The highest BCUT2D eigenvalue weighted by atomic mass is 16.2. The molecule has 1 spiro atoms. The summed E-state index contributed by atoms with van der Waals surface area (Å²) in [6.07, 6.45) is 5.95. The van der Waals surface area contributed by atoms with Crippen LogP contribution < -0.4 is 0 Å². The van der Waals surface area contributed by atoms with Crippen molar-refractivity contribution in [2.45, 2.75) is 32.9 Å². The molecular formula is C20H26N4O. The smallest absolute Gasteiger partial charge is 0.230 e. The van der Waals surface area contributed by atoms with E-state index in [2.05, 4.69) is 52.3 Å². The van der Waals surface area contributed by atoms with E-state index in [1.54, 1.807) is 0 Å². The van der Waals surface area contributed by atoms with Crippen LogP contribution >= 0.6 is 0 Å². The third-order valence-electron chi connectivity index (χ3n) is 5.65. The minimum Gasteiger partial charge on any atom is -0.338 e. The van der Waals surface area contributed by atoms with Crippen molar-refractivity contribution >= 4 is 5.91 Å². The zero-order chi connectivity index (χ0) is 17.4. The zero-order valence-electron chi connectivity index (χ0n) is 15.1. The van der Waals surface area contributed by atoms with Crippen LogP contribution in [0.5, 0.6) is 0 Å². The molecule has 1 aromatic heterocycles. The molecular weight excluding hydrogens is 312 g/mol. The van der Waals surface area contributed by atoms with E-state index in [0.29, 0.717) is 5.91 Å². The van der Waals surface area contributed by atoms with Gasteiger partial charge in [0.2, 0.25) is 5.91 Å². The lowest BCUT2D eigenvalue weighted by atomic mass is 9.85. The van der Waals surface area contributed by atoms with Crippen LogP contribution in [-0.2, 0) is 24.9 Å². The maximum absolute atomic E-state index is 13.1. The number of hydrogen-bond donors (Lipinski definition) is 0. The van der Waals surface area contributed by atoms with Gasteiger partial charge in [-0.25, -0.2) is 0 Å². The molecule has 0 saturated carbocycles. The Kier molecular flexibility index (Phi) is 4.12. The van der Waals surface area contributed by atoms with Crippen molar-refractivity contribution in [3.8, 4) is 0 Å². The fourth-order valence-electron chi connectivity index (χ4n) is 4.36. The number of aromatic nitrogens is 2. The number of carbonyl (C=O) groups excluding carboxylic acids is 1. The Balaban J connectivity index is 1.41. The molecule has 2 aliphatic heterocycles. The van der Waals surface area contributed by atoms with E-state index in [1.807, 2.05) is 17.9 Å². The predicted molar refractivity (Wildman–Crippen MR) is 96.7 cm³/mol. The highest BCUT2D eigenvalue weighted by molar-refractivity contribution is 5.85. The van der Waals surface area contributed by atoms with Crippen LogP contribution in [0.1, 0.15) is 29.5 Å². The van der Waals surface area contributed by atoms with Crippen LogP contribution in [0.15, 0.2) is 36.7 Å². The van der Waals surface area contributed by atoms with E-state index in [0.717, 1.165) is 45.6 Å². The van der Waals surface area contributed by atoms with Gasteiger partial charge >= 0.3 is 0 Å². The average Bonchev–Trinajstić information content (AvgIpc) is 3.25. The molecule has 5 heteroatoms. The first-order valence-electron chi connectivity index (χ1n) is 9.09. The zero-order valence-corrected chi connectivity index (χ0v) is 15.1. The standard InChI is InChI=1S/C20H26N4O/c1-16-4-3-5-17(10-16)14-24-9-7-20(19(24)25)6-8-23(15-20)13-18-11-21-22(2)12-18/h3-5,10-12H,6-9,13-15H2,1-2H3/t20-/m1/s1. The molecule has 0 N–H and O–H groups in total. The van der Waals surface area contributed by atoms with E-state index in [1.165, 1.54) is 16.7 Å². The molecule has 25 heavy (non-hydrogen) atoms. The number of benzene rings is 1. The maximum atomic E-state index is 13.1. The normalized spacial score (nSPS) is 23.9. The van der Waals surface area contributed by atoms with Crippen molar-refractivity contribution in [2.24, 2.45) is 12.5 Å². The Hall–Kier alpha value is -2.14. The number of rotatable bonds is 4. The highest BCUT2D eigenvalue weighted by Gasteiger charge is 2.50. The lowest BCUT2D eigenvalue weighted by Crippen LogP contribution is -2.36. The van der Waals surface area contributed by atoms with Gasteiger partial charge in [-0.05, 0) is 31.9 Å². The molecule has 2 saturated heterocycles. The molecule has 4 rings (SSSR count). The second kappa shape index (κ2) is 6.30.